The second-order valence-corrected chi connectivity index (χ2v) is 8.47. The Bertz CT molecular complexity index is 772. The fraction of sp³-hybridized carbons (Fsp3) is 0.565. The minimum Gasteiger partial charge on any atom is -0.491 e. The summed E-state index contributed by atoms with van der Waals surface area (Å²) in [6.07, 6.45) is 13.2. The first-order valence-corrected chi connectivity index (χ1v) is 10.4. The van der Waals surface area contributed by atoms with Crippen molar-refractivity contribution in [3.8, 4) is 0 Å². The molecule has 4 nitrogen and oxygen atoms in total. The molecule has 0 bridgehead atoms. The lowest BCUT2D eigenvalue weighted by molar-refractivity contribution is -0.115. The van der Waals surface area contributed by atoms with Crippen LogP contribution in [0, 0.1) is 11.8 Å². The number of halogens is 2. The Morgan fingerprint density at radius 3 is 2.72 bits per heavy atom. The molecule has 0 heterocycles. The van der Waals surface area contributed by atoms with Gasteiger partial charge in [-0.15, -0.1) is 0 Å². The number of rotatable bonds is 6. The Kier molecular flexibility index (Phi) is 6.70. The quantitative estimate of drug-likeness (QED) is 0.381. The minimum absolute atomic E-state index is 0.0172. The minimum atomic E-state index is -2.53. The van der Waals surface area contributed by atoms with Gasteiger partial charge in [0.05, 0.1) is 12.1 Å². The Morgan fingerprint density at radius 1 is 1.34 bits per heavy atom. The second-order valence-electron chi connectivity index (χ2n) is 8.47. The van der Waals surface area contributed by atoms with Crippen molar-refractivity contribution in [2.24, 2.45) is 16.8 Å². The maximum atomic E-state index is 13.6. The molecule has 3 aliphatic rings. The van der Waals surface area contributed by atoms with Gasteiger partial charge in [-0.05, 0) is 64.0 Å². The molecule has 2 atom stereocenters. The van der Waals surface area contributed by atoms with Gasteiger partial charge in [-0.1, -0.05) is 24.3 Å². The zero-order chi connectivity index (χ0) is 21.0. The molecule has 0 saturated heterocycles. The summed E-state index contributed by atoms with van der Waals surface area (Å²) in [6.45, 7) is 5.62. The third-order valence-corrected chi connectivity index (χ3v) is 5.24. The van der Waals surface area contributed by atoms with Crippen molar-refractivity contribution >= 4 is 11.7 Å². The van der Waals surface area contributed by atoms with E-state index < -0.39 is 5.92 Å². The number of alkyl halides is 2. The van der Waals surface area contributed by atoms with Gasteiger partial charge in [-0.3, -0.25) is 9.79 Å². The van der Waals surface area contributed by atoms with Crippen molar-refractivity contribution in [3.63, 3.8) is 0 Å². The number of hydrogen-bond acceptors (Lipinski definition) is 3. The summed E-state index contributed by atoms with van der Waals surface area (Å²) >= 11 is 0. The van der Waals surface area contributed by atoms with Crippen LogP contribution in [0.5, 0.6) is 0 Å². The summed E-state index contributed by atoms with van der Waals surface area (Å²) in [5, 5.41) is 2.81. The molecule has 0 aromatic carbocycles. The van der Waals surface area contributed by atoms with Gasteiger partial charge in [0.1, 0.15) is 11.6 Å². The molecular weight excluding hydrogens is 374 g/mol. The maximum absolute atomic E-state index is 13.6. The van der Waals surface area contributed by atoms with Gasteiger partial charge in [-0.25, -0.2) is 8.78 Å². The van der Waals surface area contributed by atoms with Crippen LogP contribution in [-0.2, 0) is 9.53 Å². The molecule has 3 rings (SSSR count). The van der Waals surface area contributed by atoms with E-state index >= 15 is 0 Å². The molecule has 0 aromatic heterocycles. The highest BCUT2D eigenvalue weighted by Gasteiger charge is 2.39. The largest absolute Gasteiger partial charge is 0.491 e. The monoisotopic (exact) mass is 404 g/mol. The van der Waals surface area contributed by atoms with Crippen molar-refractivity contribution in [1.82, 2.24) is 5.32 Å². The number of allylic oxidation sites excluding steroid dienone is 3. The van der Waals surface area contributed by atoms with Gasteiger partial charge >= 0.3 is 0 Å². The molecule has 3 aliphatic carbocycles. The lowest BCUT2D eigenvalue weighted by Gasteiger charge is -2.20. The van der Waals surface area contributed by atoms with Gasteiger partial charge in [0.15, 0.2) is 0 Å². The lowest BCUT2D eigenvalue weighted by atomic mass is 9.89. The smallest absolute Gasteiger partial charge is 0.256 e. The van der Waals surface area contributed by atoms with Crippen LogP contribution in [0.1, 0.15) is 52.9 Å². The molecule has 1 fully saturated rings. The highest BCUT2D eigenvalue weighted by atomic mass is 19.3. The highest BCUT2D eigenvalue weighted by molar-refractivity contribution is 6.07. The van der Waals surface area contributed by atoms with Gasteiger partial charge in [0.2, 0.25) is 5.92 Å². The third kappa shape index (κ3) is 6.94. The predicted octanol–water partition coefficient (Wildman–Crippen LogP) is 5.10. The molecule has 1 amide bonds. The molecule has 6 heteroatoms. The second kappa shape index (κ2) is 9.06. The molecule has 1 saturated carbocycles. The van der Waals surface area contributed by atoms with Crippen LogP contribution in [0.2, 0.25) is 0 Å². The van der Waals surface area contributed by atoms with E-state index in [1.165, 1.54) is 0 Å². The Morgan fingerprint density at radius 2 is 2.10 bits per heavy atom. The topological polar surface area (TPSA) is 50.7 Å². The van der Waals surface area contributed by atoms with Crippen molar-refractivity contribution in [2.45, 2.75) is 70.9 Å². The first-order valence-electron chi connectivity index (χ1n) is 10.4. The molecule has 0 spiro atoms. The van der Waals surface area contributed by atoms with E-state index in [1.807, 2.05) is 38.2 Å². The SMILES string of the molecule is CC(=NC1C=C1)NC(=O)C1=CC(OC(C)C)=CCC(CC2CCC(F)(F)C2)C=C1. The molecule has 2 unspecified atom stereocenters. The molecule has 0 aromatic rings. The number of hydrogen-bond donors (Lipinski definition) is 1. The number of nitrogens with zero attached hydrogens (tertiary/aromatic N) is 1. The van der Waals surface area contributed by atoms with E-state index in [-0.39, 0.29) is 42.7 Å². The molecule has 29 heavy (non-hydrogen) atoms. The van der Waals surface area contributed by atoms with Crippen LogP contribution in [0.25, 0.3) is 0 Å². The lowest BCUT2D eigenvalue weighted by Crippen LogP contribution is -2.30. The van der Waals surface area contributed by atoms with Gasteiger partial charge < -0.3 is 10.1 Å². The standard InChI is InChI=1S/C23H30F2N2O2/c1-15(2)29-21-9-5-17(12-18-10-11-23(24,25)14-18)4-6-19(13-21)22(28)27-16(3)26-20-7-8-20/h4,6-9,13,15,17-18,20H,5,10-12,14H2,1-3H3,(H,26,27,28). The van der Waals surface area contributed by atoms with Crippen LogP contribution < -0.4 is 5.32 Å². The van der Waals surface area contributed by atoms with Crippen LogP contribution in [-0.4, -0.2) is 29.8 Å². The van der Waals surface area contributed by atoms with Gasteiger partial charge in [-0.2, -0.15) is 0 Å². The Labute approximate surface area is 171 Å². The van der Waals surface area contributed by atoms with E-state index in [4.69, 9.17) is 4.74 Å². The number of nitrogens with one attached hydrogen (secondary N) is 1. The predicted molar refractivity (Wildman–Crippen MR) is 111 cm³/mol. The van der Waals surface area contributed by atoms with E-state index in [2.05, 4.69) is 10.3 Å². The Hall–Kier alpha value is -2.24. The first kappa shape index (κ1) is 21.5. The number of amidine groups is 1. The fourth-order valence-corrected chi connectivity index (χ4v) is 3.82. The summed E-state index contributed by atoms with van der Waals surface area (Å²) in [4.78, 5) is 17.1. The summed E-state index contributed by atoms with van der Waals surface area (Å²) in [7, 11) is 0. The van der Waals surface area contributed by atoms with Crippen molar-refractivity contribution < 1.29 is 18.3 Å². The number of ether oxygens (including phenoxy) is 1. The number of carbonyl (C=O) groups excluding carboxylic acids is 1. The van der Waals surface area contributed by atoms with Gasteiger partial charge in [0, 0.05) is 18.4 Å². The van der Waals surface area contributed by atoms with Crippen LogP contribution in [0.15, 0.2) is 52.8 Å². The summed E-state index contributed by atoms with van der Waals surface area (Å²) < 4.78 is 33.0. The molecule has 0 radical (unpaired) electrons. The summed E-state index contributed by atoms with van der Waals surface area (Å²) in [5.74, 6) is -1.48. The summed E-state index contributed by atoms with van der Waals surface area (Å²) in [6, 6.07) is 0.0887. The maximum Gasteiger partial charge on any atom is 0.256 e. The van der Waals surface area contributed by atoms with E-state index in [0.29, 0.717) is 36.4 Å². The van der Waals surface area contributed by atoms with Crippen molar-refractivity contribution in [2.75, 3.05) is 0 Å². The third-order valence-electron chi connectivity index (χ3n) is 5.24. The fourth-order valence-electron chi connectivity index (χ4n) is 3.82. The van der Waals surface area contributed by atoms with Gasteiger partial charge in [0.25, 0.3) is 5.91 Å². The molecular formula is C23H30F2N2O2. The summed E-state index contributed by atoms with van der Waals surface area (Å²) in [5.41, 5.74) is 0.469. The zero-order valence-electron chi connectivity index (χ0n) is 17.3. The van der Waals surface area contributed by atoms with E-state index in [1.54, 1.807) is 19.1 Å². The van der Waals surface area contributed by atoms with Crippen molar-refractivity contribution in [3.05, 3.63) is 47.8 Å². The number of aliphatic imine (C=N–C) groups is 1. The zero-order valence-corrected chi connectivity index (χ0v) is 17.3. The molecule has 1 N–H and O–H groups in total. The van der Waals surface area contributed by atoms with E-state index in [9.17, 15) is 13.6 Å². The highest BCUT2D eigenvalue weighted by Crippen LogP contribution is 2.42. The van der Waals surface area contributed by atoms with Crippen LogP contribution >= 0.6 is 0 Å². The van der Waals surface area contributed by atoms with Crippen molar-refractivity contribution in [1.29, 1.82) is 0 Å². The average Bonchev–Trinajstić information content (AvgIpc) is 3.34. The Balaban J connectivity index is 1.72. The normalized spacial score (nSPS) is 26.6. The average molecular weight is 405 g/mol. The number of amides is 1. The van der Waals surface area contributed by atoms with Crippen LogP contribution in [0.4, 0.5) is 8.78 Å². The molecule has 158 valence electrons. The van der Waals surface area contributed by atoms with Crippen LogP contribution in [0.3, 0.4) is 0 Å². The van der Waals surface area contributed by atoms with E-state index in [0.717, 1.165) is 0 Å². The first-order chi connectivity index (χ1) is 13.7. The number of carbonyl (C=O) groups is 1. The molecule has 0 aliphatic heterocycles.